The molecule has 0 amide bonds. The fourth-order valence-electron chi connectivity index (χ4n) is 0.823. The molecule has 1 rings (SSSR count). The highest BCUT2D eigenvalue weighted by atomic mass is 32.2. The Morgan fingerprint density at radius 3 is 2.27 bits per heavy atom. The van der Waals surface area contributed by atoms with E-state index < -0.39 is 10.0 Å². The van der Waals surface area contributed by atoms with Crippen molar-refractivity contribution in [3.63, 3.8) is 0 Å². The van der Waals surface area contributed by atoms with E-state index in [-0.39, 0.29) is 10.0 Å². The molecule has 0 unspecified atom stereocenters. The van der Waals surface area contributed by atoms with Crippen molar-refractivity contribution in [2.45, 2.75) is 4.90 Å². The van der Waals surface area contributed by atoms with Gasteiger partial charge in [0, 0.05) is 5.69 Å². The quantitative estimate of drug-likeness (QED) is 0.319. The SMILES string of the molecule is NC(=S)NNS(=O)(=O)c1ccc(N)cc1. The van der Waals surface area contributed by atoms with Gasteiger partial charge in [-0.2, -0.15) is 0 Å². The van der Waals surface area contributed by atoms with Crippen LogP contribution in [0.2, 0.25) is 0 Å². The molecule has 0 aliphatic carbocycles. The van der Waals surface area contributed by atoms with E-state index in [0.29, 0.717) is 5.69 Å². The number of hydrogen-bond acceptors (Lipinski definition) is 4. The summed E-state index contributed by atoms with van der Waals surface area (Å²) in [6.07, 6.45) is 0. The van der Waals surface area contributed by atoms with Crippen LogP contribution in [0.3, 0.4) is 0 Å². The minimum atomic E-state index is -3.66. The monoisotopic (exact) mass is 246 g/mol. The maximum atomic E-state index is 11.5. The Labute approximate surface area is 92.7 Å². The number of nitrogens with two attached hydrogens (primary N) is 2. The van der Waals surface area contributed by atoms with Crippen molar-refractivity contribution in [3.8, 4) is 0 Å². The first kappa shape index (κ1) is 11.7. The summed E-state index contributed by atoms with van der Waals surface area (Å²) >= 11 is 4.45. The molecular weight excluding hydrogens is 236 g/mol. The number of hydrazine groups is 1. The Hall–Kier alpha value is -1.38. The molecule has 0 fully saturated rings. The van der Waals surface area contributed by atoms with Gasteiger partial charge in [-0.3, -0.25) is 5.43 Å². The highest BCUT2D eigenvalue weighted by Gasteiger charge is 2.12. The lowest BCUT2D eigenvalue weighted by Gasteiger charge is -2.07. The molecule has 0 saturated heterocycles. The molecule has 0 heterocycles. The van der Waals surface area contributed by atoms with Crippen LogP contribution < -0.4 is 21.7 Å². The predicted octanol–water partition coefficient (Wildman–Crippen LogP) is -0.705. The van der Waals surface area contributed by atoms with Gasteiger partial charge in [0.1, 0.15) is 0 Å². The van der Waals surface area contributed by atoms with Gasteiger partial charge in [0.25, 0.3) is 10.0 Å². The molecule has 6 nitrogen and oxygen atoms in total. The van der Waals surface area contributed by atoms with Crippen LogP contribution in [0.15, 0.2) is 29.2 Å². The van der Waals surface area contributed by atoms with Crippen molar-refractivity contribution < 1.29 is 8.42 Å². The number of anilines is 1. The van der Waals surface area contributed by atoms with Gasteiger partial charge in [-0.05, 0) is 36.5 Å². The Kier molecular flexibility index (Phi) is 3.45. The van der Waals surface area contributed by atoms with Gasteiger partial charge in [-0.25, -0.2) is 8.42 Å². The van der Waals surface area contributed by atoms with Crippen LogP contribution in [-0.4, -0.2) is 13.5 Å². The zero-order valence-corrected chi connectivity index (χ0v) is 9.23. The Bertz CT molecular complexity index is 454. The predicted molar refractivity (Wildman–Crippen MR) is 61.1 cm³/mol. The summed E-state index contributed by atoms with van der Waals surface area (Å²) in [6, 6.07) is 5.71. The van der Waals surface area contributed by atoms with E-state index >= 15 is 0 Å². The third-order valence-electron chi connectivity index (χ3n) is 1.50. The standard InChI is InChI=1S/C7H10N4O2S2/c8-5-1-3-6(4-2-5)15(12,13)11-10-7(9)14/h1-4,11H,8H2,(H3,9,10,14). The Morgan fingerprint density at radius 1 is 1.27 bits per heavy atom. The van der Waals surface area contributed by atoms with E-state index in [4.69, 9.17) is 11.5 Å². The summed E-state index contributed by atoms with van der Waals surface area (Å²) in [4.78, 5) is 2.08. The number of rotatable bonds is 3. The van der Waals surface area contributed by atoms with Gasteiger partial charge in [0.15, 0.2) is 5.11 Å². The second-order valence-corrected chi connectivity index (χ2v) is 4.79. The lowest BCUT2D eigenvalue weighted by molar-refractivity contribution is 0.577. The van der Waals surface area contributed by atoms with Gasteiger partial charge >= 0.3 is 0 Å². The van der Waals surface area contributed by atoms with Crippen molar-refractivity contribution in [3.05, 3.63) is 24.3 Å². The number of benzene rings is 1. The summed E-state index contributed by atoms with van der Waals surface area (Å²) in [5.74, 6) is 0. The minimum absolute atomic E-state index is 0.0699. The molecule has 0 bridgehead atoms. The molecule has 82 valence electrons. The minimum Gasteiger partial charge on any atom is -0.399 e. The molecule has 0 aromatic heterocycles. The molecule has 0 aliphatic rings. The van der Waals surface area contributed by atoms with Gasteiger partial charge < -0.3 is 11.5 Å². The van der Waals surface area contributed by atoms with Crippen LogP contribution in [0.25, 0.3) is 0 Å². The van der Waals surface area contributed by atoms with Crippen LogP contribution in [0.5, 0.6) is 0 Å². The van der Waals surface area contributed by atoms with E-state index in [0.717, 1.165) is 0 Å². The zero-order valence-electron chi connectivity index (χ0n) is 7.60. The lowest BCUT2D eigenvalue weighted by Crippen LogP contribution is -2.44. The van der Waals surface area contributed by atoms with Crippen molar-refractivity contribution in [1.29, 1.82) is 0 Å². The molecule has 0 aliphatic heterocycles. The number of hydrogen-bond donors (Lipinski definition) is 4. The van der Waals surface area contributed by atoms with E-state index in [9.17, 15) is 8.42 Å². The molecule has 1 aromatic carbocycles. The third kappa shape index (κ3) is 3.35. The highest BCUT2D eigenvalue weighted by molar-refractivity contribution is 7.89. The molecule has 6 N–H and O–H groups in total. The summed E-state index contributed by atoms with van der Waals surface area (Å²) in [6.45, 7) is 0. The first-order chi connectivity index (χ1) is 6.92. The van der Waals surface area contributed by atoms with Crippen LogP contribution >= 0.6 is 12.2 Å². The molecule has 15 heavy (non-hydrogen) atoms. The number of thiocarbonyl (C=S) groups is 1. The lowest BCUT2D eigenvalue weighted by atomic mass is 10.3. The van der Waals surface area contributed by atoms with Gasteiger partial charge in [-0.15, -0.1) is 4.83 Å². The van der Waals surface area contributed by atoms with E-state index in [1.54, 1.807) is 0 Å². The maximum Gasteiger partial charge on any atom is 0.257 e. The number of nitrogen functional groups attached to an aromatic ring is 1. The first-order valence-corrected chi connectivity index (χ1v) is 5.74. The van der Waals surface area contributed by atoms with E-state index in [1.807, 2.05) is 4.83 Å². The number of nitrogens with one attached hydrogen (secondary N) is 2. The van der Waals surface area contributed by atoms with Crippen LogP contribution in [0.1, 0.15) is 0 Å². The molecule has 0 radical (unpaired) electrons. The van der Waals surface area contributed by atoms with Crippen molar-refractivity contribution in [2.75, 3.05) is 5.73 Å². The fraction of sp³-hybridized carbons (Fsp3) is 0. The van der Waals surface area contributed by atoms with Crippen LogP contribution in [-0.2, 0) is 10.0 Å². The molecule has 0 saturated carbocycles. The Morgan fingerprint density at radius 2 is 1.80 bits per heavy atom. The smallest absolute Gasteiger partial charge is 0.257 e. The topological polar surface area (TPSA) is 110 Å². The summed E-state index contributed by atoms with van der Waals surface area (Å²) < 4.78 is 23.0. The van der Waals surface area contributed by atoms with E-state index in [2.05, 4.69) is 17.6 Å². The second kappa shape index (κ2) is 4.43. The van der Waals surface area contributed by atoms with E-state index in [1.165, 1.54) is 24.3 Å². The molecule has 0 atom stereocenters. The van der Waals surface area contributed by atoms with Crippen molar-refractivity contribution in [2.24, 2.45) is 5.73 Å². The van der Waals surface area contributed by atoms with Crippen molar-refractivity contribution in [1.82, 2.24) is 10.3 Å². The summed E-state index contributed by atoms with van der Waals surface area (Å²) in [7, 11) is -3.66. The summed E-state index contributed by atoms with van der Waals surface area (Å²) in [5.41, 5.74) is 13.1. The third-order valence-corrected chi connectivity index (χ3v) is 2.86. The highest BCUT2D eigenvalue weighted by Crippen LogP contribution is 2.10. The molecule has 1 aromatic rings. The second-order valence-electron chi connectivity index (χ2n) is 2.66. The molecule has 8 heteroatoms. The average molecular weight is 246 g/mol. The normalized spacial score (nSPS) is 10.9. The van der Waals surface area contributed by atoms with Gasteiger partial charge in [-0.1, -0.05) is 0 Å². The number of sulfonamides is 1. The summed E-state index contributed by atoms with van der Waals surface area (Å²) in [5, 5.41) is -0.158. The molecule has 0 spiro atoms. The maximum absolute atomic E-state index is 11.5. The largest absolute Gasteiger partial charge is 0.399 e. The van der Waals surface area contributed by atoms with Crippen molar-refractivity contribution >= 4 is 33.0 Å². The zero-order chi connectivity index (χ0) is 11.5. The van der Waals surface area contributed by atoms with Crippen LogP contribution in [0.4, 0.5) is 5.69 Å². The van der Waals surface area contributed by atoms with Gasteiger partial charge in [0.2, 0.25) is 0 Å². The fourth-order valence-corrected chi connectivity index (χ4v) is 1.80. The first-order valence-electron chi connectivity index (χ1n) is 3.84. The van der Waals surface area contributed by atoms with Crippen LogP contribution in [0, 0.1) is 0 Å². The van der Waals surface area contributed by atoms with Gasteiger partial charge in [0.05, 0.1) is 4.90 Å². The average Bonchev–Trinajstić information content (AvgIpc) is 2.16. The Balaban J connectivity index is 2.87. The molecular formula is C7H10N4O2S2.